The fraction of sp³-hybridized carbons (Fsp3) is 0.562. The average molecular weight is 332 g/mol. The zero-order chi connectivity index (χ0) is 16.4. The van der Waals surface area contributed by atoms with Gasteiger partial charge in [-0.3, -0.25) is 9.67 Å². The zero-order valence-corrected chi connectivity index (χ0v) is 15.0. The van der Waals surface area contributed by atoms with Gasteiger partial charge in [-0.25, -0.2) is 4.98 Å². The first-order valence-electron chi connectivity index (χ1n) is 7.94. The number of rotatable bonds is 3. The lowest BCUT2D eigenvalue weighted by atomic mass is 10.0. The second-order valence-corrected chi connectivity index (χ2v) is 7.32. The Balaban J connectivity index is 1.59. The Morgan fingerprint density at radius 2 is 2.30 bits per heavy atom. The summed E-state index contributed by atoms with van der Waals surface area (Å²) < 4.78 is 1.87. The fourth-order valence-electron chi connectivity index (χ4n) is 2.98. The minimum absolute atomic E-state index is 0.534. The second kappa shape index (κ2) is 6.70. The lowest BCUT2D eigenvalue weighted by Crippen LogP contribution is -2.39. The molecule has 7 heteroatoms. The lowest BCUT2D eigenvalue weighted by Gasteiger charge is -2.21. The Kier molecular flexibility index (Phi) is 4.66. The summed E-state index contributed by atoms with van der Waals surface area (Å²) >= 11 is 1.75. The van der Waals surface area contributed by atoms with Crippen LogP contribution in [-0.4, -0.2) is 45.8 Å². The Morgan fingerprint density at radius 1 is 1.48 bits per heavy atom. The molecule has 1 atom stereocenters. The van der Waals surface area contributed by atoms with Crippen molar-refractivity contribution in [3.05, 3.63) is 33.5 Å². The number of hydrogen-bond donors (Lipinski definition) is 1. The van der Waals surface area contributed by atoms with Gasteiger partial charge in [-0.1, -0.05) is 0 Å². The van der Waals surface area contributed by atoms with Crippen molar-refractivity contribution in [2.45, 2.75) is 32.7 Å². The van der Waals surface area contributed by atoms with E-state index in [0.29, 0.717) is 5.92 Å². The van der Waals surface area contributed by atoms with E-state index in [-0.39, 0.29) is 0 Å². The molecular weight excluding hydrogens is 308 g/mol. The number of aromatic nitrogens is 3. The predicted octanol–water partition coefficient (Wildman–Crippen LogP) is 2.06. The Labute approximate surface area is 141 Å². The van der Waals surface area contributed by atoms with Crippen LogP contribution >= 0.6 is 11.3 Å². The van der Waals surface area contributed by atoms with Gasteiger partial charge in [0.25, 0.3) is 0 Å². The number of thiazole rings is 1. The second-order valence-electron chi connectivity index (χ2n) is 6.03. The Bertz CT molecular complexity index is 682. The average Bonchev–Trinajstić information content (AvgIpc) is 3.22. The molecule has 0 aromatic carbocycles. The molecule has 1 unspecified atom stereocenters. The molecule has 0 radical (unpaired) electrons. The van der Waals surface area contributed by atoms with Crippen LogP contribution in [0.2, 0.25) is 0 Å². The van der Waals surface area contributed by atoms with Crippen LogP contribution in [0, 0.1) is 13.8 Å². The molecule has 1 N–H and O–H groups in total. The molecule has 6 nitrogen and oxygen atoms in total. The fourth-order valence-corrected chi connectivity index (χ4v) is 3.85. The van der Waals surface area contributed by atoms with Gasteiger partial charge in [-0.05, 0) is 25.8 Å². The molecule has 3 rings (SSSR count). The highest BCUT2D eigenvalue weighted by molar-refractivity contribution is 7.11. The Hall–Kier alpha value is -1.89. The van der Waals surface area contributed by atoms with E-state index >= 15 is 0 Å². The smallest absolute Gasteiger partial charge is 0.194 e. The van der Waals surface area contributed by atoms with Gasteiger partial charge < -0.3 is 10.2 Å². The highest BCUT2D eigenvalue weighted by Crippen LogP contribution is 2.26. The van der Waals surface area contributed by atoms with Crippen molar-refractivity contribution in [3.8, 4) is 0 Å². The Morgan fingerprint density at radius 3 is 2.91 bits per heavy atom. The van der Waals surface area contributed by atoms with Crippen molar-refractivity contribution in [3.63, 3.8) is 0 Å². The van der Waals surface area contributed by atoms with Crippen LogP contribution in [0.5, 0.6) is 0 Å². The molecule has 0 saturated carbocycles. The summed E-state index contributed by atoms with van der Waals surface area (Å²) in [7, 11) is 3.81. The van der Waals surface area contributed by atoms with Crippen molar-refractivity contribution in [2.75, 3.05) is 20.1 Å². The van der Waals surface area contributed by atoms with Crippen LogP contribution in [0.3, 0.4) is 0 Å². The highest BCUT2D eigenvalue weighted by Gasteiger charge is 2.26. The number of guanidine groups is 1. The first kappa shape index (κ1) is 16.0. The molecular formula is C16H24N6S. The number of likely N-dealkylation sites (tertiary alicyclic amines) is 1. The maximum atomic E-state index is 4.58. The van der Waals surface area contributed by atoms with E-state index in [1.807, 2.05) is 25.0 Å². The molecule has 0 spiro atoms. The van der Waals surface area contributed by atoms with E-state index in [1.165, 1.54) is 10.4 Å². The van der Waals surface area contributed by atoms with E-state index in [0.717, 1.165) is 42.7 Å². The van der Waals surface area contributed by atoms with Crippen LogP contribution in [0.15, 0.2) is 17.4 Å². The quantitative estimate of drug-likeness (QED) is 0.690. The van der Waals surface area contributed by atoms with Crippen LogP contribution in [0.4, 0.5) is 0 Å². The largest absolute Gasteiger partial charge is 0.350 e. The van der Waals surface area contributed by atoms with E-state index in [1.54, 1.807) is 11.3 Å². The molecule has 0 amide bonds. The molecule has 1 aliphatic rings. The number of nitrogens with zero attached hydrogens (tertiary/aromatic N) is 5. The monoisotopic (exact) mass is 332 g/mol. The van der Waals surface area contributed by atoms with Crippen molar-refractivity contribution >= 4 is 17.3 Å². The SMILES string of the molecule is CN=C(NCc1nc(C)c(C)s1)N1CCC(c2cnn(C)c2)C1. The molecule has 2 aromatic heterocycles. The van der Waals surface area contributed by atoms with Crippen LogP contribution in [-0.2, 0) is 13.6 Å². The molecule has 1 aliphatic heterocycles. The van der Waals surface area contributed by atoms with Crippen molar-refractivity contribution in [1.82, 2.24) is 25.0 Å². The summed E-state index contributed by atoms with van der Waals surface area (Å²) in [6.07, 6.45) is 5.23. The van der Waals surface area contributed by atoms with Gasteiger partial charge in [0, 0.05) is 44.2 Å². The van der Waals surface area contributed by atoms with Gasteiger partial charge >= 0.3 is 0 Å². The molecule has 2 aromatic rings. The normalized spacial score (nSPS) is 18.7. The summed E-state index contributed by atoms with van der Waals surface area (Å²) in [6, 6.07) is 0. The highest BCUT2D eigenvalue weighted by atomic mass is 32.1. The summed E-state index contributed by atoms with van der Waals surface area (Å²) in [6.45, 7) is 6.92. The molecule has 1 saturated heterocycles. The third-order valence-corrected chi connectivity index (χ3v) is 5.44. The van der Waals surface area contributed by atoms with E-state index in [2.05, 4.69) is 45.3 Å². The van der Waals surface area contributed by atoms with Crippen molar-refractivity contribution in [2.24, 2.45) is 12.0 Å². The first-order valence-corrected chi connectivity index (χ1v) is 8.75. The van der Waals surface area contributed by atoms with Gasteiger partial charge in [0.05, 0.1) is 18.4 Å². The molecule has 1 fully saturated rings. The number of nitrogens with one attached hydrogen (secondary N) is 1. The number of aliphatic imine (C=N–C) groups is 1. The minimum atomic E-state index is 0.534. The standard InChI is InChI=1S/C16H24N6S/c1-11-12(2)23-15(20-11)8-18-16(17-3)22-6-5-13(10-22)14-7-19-21(4)9-14/h7,9,13H,5-6,8,10H2,1-4H3,(H,17,18). The van der Waals surface area contributed by atoms with Gasteiger partial charge in [0.15, 0.2) is 5.96 Å². The third-order valence-electron chi connectivity index (χ3n) is 4.37. The summed E-state index contributed by atoms with van der Waals surface area (Å²) in [4.78, 5) is 12.6. The van der Waals surface area contributed by atoms with Gasteiger partial charge in [-0.15, -0.1) is 11.3 Å². The molecule has 0 aliphatic carbocycles. The molecule has 23 heavy (non-hydrogen) atoms. The maximum absolute atomic E-state index is 4.58. The van der Waals surface area contributed by atoms with E-state index in [4.69, 9.17) is 0 Å². The summed E-state index contributed by atoms with van der Waals surface area (Å²) in [5, 5.41) is 8.85. The lowest BCUT2D eigenvalue weighted by molar-refractivity contribution is 0.485. The van der Waals surface area contributed by atoms with Crippen LogP contribution in [0.25, 0.3) is 0 Å². The third kappa shape index (κ3) is 3.55. The maximum Gasteiger partial charge on any atom is 0.194 e. The zero-order valence-electron chi connectivity index (χ0n) is 14.2. The van der Waals surface area contributed by atoms with Crippen LogP contribution in [0.1, 0.15) is 33.5 Å². The summed E-state index contributed by atoms with van der Waals surface area (Å²) in [5.74, 6) is 1.49. The predicted molar refractivity (Wildman–Crippen MR) is 93.9 cm³/mol. The molecule has 3 heterocycles. The van der Waals surface area contributed by atoms with Gasteiger partial charge in [0.2, 0.25) is 0 Å². The molecule has 0 bridgehead atoms. The van der Waals surface area contributed by atoms with Gasteiger partial charge in [-0.2, -0.15) is 5.10 Å². The minimum Gasteiger partial charge on any atom is -0.350 e. The van der Waals surface area contributed by atoms with Crippen molar-refractivity contribution in [1.29, 1.82) is 0 Å². The van der Waals surface area contributed by atoms with E-state index < -0.39 is 0 Å². The topological polar surface area (TPSA) is 58.3 Å². The van der Waals surface area contributed by atoms with Crippen molar-refractivity contribution < 1.29 is 0 Å². The number of aryl methyl sites for hydroxylation is 3. The summed E-state index contributed by atoms with van der Waals surface area (Å²) in [5.41, 5.74) is 2.44. The van der Waals surface area contributed by atoms with Gasteiger partial charge in [0.1, 0.15) is 5.01 Å². The van der Waals surface area contributed by atoms with Crippen LogP contribution < -0.4 is 5.32 Å². The van der Waals surface area contributed by atoms with E-state index in [9.17, 15) is 0 Å². The molecule has 124 valence electrons. The number of hydrogen-bond acceptors (Lipinski definition) is 4. The first-order chi connectivity index (χ1) is 11.1.